The summed E-state index contributed by atoms with van der Waals surface area (Å²) in [6.45, 7) is 3.87. The summed E-state index contributed by atoms with van der Waals surface area (Å²) in [5.74, 6) is -0.805. The summed E-state index contributed by atoms with van der Waals surface area (Å²) >= 11 is 6.30. The highest BCUT2D eigenvalue weighted by molar-refractivity contribution is 6.34. The third-order valence-electron chi connectivity index (χ3n) is 5.99. The molecular formula is C28H23ClN4O3. The van der Waals surface area contributed by atoms with Crippen LogP contribution in [0.3, 0.4) is 0 Å². The smallest absolute Gasteiger partial charge is 0.344 e. The molecule has 0 radical (unpaired) electrons. The highest BCUT2D eigenvalue weighted by atomic mass is 35.5. The average molecular weight is 499 g/mol. The predicted octanol–water partition coefficient (Wildman–Crippen LogP) is 6.28. The maximum atomic E-state index is 13.4. The second-order valence-corrected chi connectivity index (χ2v) is 8.63. The van der Waals surface area contributed by atoms with Gasteiger partial charge in [0.05, 0.1) is 34.3 Å². The second-order valence-electron chi connectivity index (χ2n) is 8.22. The SMILES string of the molecule is CCOC(=O)c1c(NC(=O)c2ccccc2Cl)n([C@H](C)c2ccccc2)c2nc3ccccc3nc12. The molecule has 1 atom stereocenters. The fourth-order valence-electron chi connectivity index (χ4n) is 4.26. The quantitative estimate of drug-likeness (QED) is 0.278. The zero-order valence-electron chi connectivity index (χ0n) is 19.7. The highest BCUT2D eigenvalue weighted by Crippen LogP contribution is 2.36. The minimum Gasteiger partial charge on any atom is -0.462 e. The molecule has 2 aromatic heterocycles. The van der Waals surface area contributed by atoms with Crippen LogP contribution in [0.2, 0.25) is 5.02 Å². The van der Waals surface area contributed by atoms with Gasteiger partial charge in [-0.05, 0) is 43.7 Å². The van der Waals surface area contributed by atoms with Gasteiger partial charge in [0.25, 0.3) is 5.91 Å². The molecule has 0 aliphatic heterocycles. The summed E-state index contributed by atoms with van der Waals surface area (Å²) in [4.78, 5) is 36.3. The molecule has 1 N–H and O–H groups in total. The van der Waals surface area contributed by atoms with E-state index in [0.717, 1.165) is 5.56 Å². The van der Waals surface area contributed by atoms with E-state index in [2.05, 4.69) is 5.32 Å². The Hall–Kier alpha value is -4.23. The average Bonchev–Trinajstić information content (AvgIpc) is 3.20. The highest BCUT2D eigenvalue weighted by Gasteiger charge is 2.30. The number of para-hydroxylation sites is 2. The van der Waals surface area contributed by atoms with Gasteiger partial charge in [0.2, 0.25) is 0 Å². The van der Waals surface area contributed by atoms with Gasteiger partial charge in [-0.1, -0.05) is 66.2 Å². The van der Waals surface area contributed by atoms with Gasteiger partial charge in [0.1, 0.15) is 16.9 Å². The van der Waals surface area contributed by atoms with Gasteiger partial charge in [-0.15, -0.1) is 0 Å². The number of nitrogens with one attached hydrogen (secondary N) is 1. The van der Waals surface area contributed by atoms with E-state index >= 15 is 0 Å². The fraction of sp³-hybridized carbons (Fsp3) is 0.143. The summed E-state index contributed by atoms with van der Waals surface area (Å²) < 4.78 is 7.23. The molecule has 3 aromatic carbocycles. The van der Waals surface area contributed by atoms with Crippen molar-refractivity contribution in [1.82, 2.24) is 14.5 Å². The van der Waals surface area contributed by atoms with Crippen LogP contribution in [-0.4, -0.2) is 33.0 Å². The third kappa shape index (κ3) is 4.18. The molecule has 1 amide bonds. The second kappa shape index (κ2) is 9.79. The Bertz CT molecular complexity index is 1600. The number of anilines is 1. The first-order valence-corrected chi connectivity index (χ1v) is 12.0. The minimum absolute atomic E-state index is 0.147. The molecular weight excluding hydrogens is 476 g/mol. The van der Waals surface area contributed by atoms with E-state index in [1.54, 1.807) is 31.2 Å². The topological polar surface area (TPSA) is 86.1 Å². The summed E-state index contributed by atoms with van der Waals surface area (Å²) in [6.07, 6.45) is 0. The van der Waals surface area contributed by atoms with Crippen LogP contribution < -0.4 is 5.32 Å². The van der Waals surface area contributed by atoms with Gasteiger partial charge in [0.15, 0.2) is 5.65 Å². The van der Waals surface area contributed by atoms with Crippen LogP contribution in [0.1, 0.15) is 46.2 Å². The predicted molar refractivity (Wildman–Crippen MR) is 141 cm³/mol. The lowest BCUT2D eigenvalue weighted by Crippen LogP contribution is -2.20. The lowest BCUT2D eigenvalue weighted by atomic mass is 10.1. The third-order valence-corrected chi connectivity index (χ3v) is 6.32. The lowest BCUT2D eigenvalue weighted by molar-refractivity contribution is 0.0529. The molecule has 0 unspecified atom stereocenters. The number of ether oxygens (including phenoxy) is 1. The Kier molecular flexibility index (Phi) is 6.40. The molecule has 5 rings (SSSR count). The monoisotopic (exact) mass is 498 g/mol. The maximum absolute atomic E-state index is 13.4. The van der Waals surface area contributed by atoms with Crippen molar-refractivity contribution in [3.05, 3.63) is 101 Å². The standard InChI is InChI=1S/C28H23ClN4O3/c1-3-36-28(35)23-24-26(31-22-16-10-9-15-21(22)30-24)33(17(2)18-11-5-4-6-12-18)25(23)32-27(34)19-13-7-8-14-20(19)29/h4-17H,3H2,1-2H3,(H,32,34)/t17-/m1/s1. The molecule has 0 aliphatic carbocycles. The molecule has 2 heterocycles. The number of amides is 1. The van der Waals surface area contributed by atoms with Crippen LogP contribution in [0, 0.1) is 0 Å². The molecule has 0 bridgehead atoms. The minimum atomic E-state index is -0.597. The number of esters is 1. The van der Waals surface area contributed by atoms with Crippen molar-refractivity contribution in [2.45, 2.75) is 19.9 Å². The van der Waals surface area contributed by atoms with E-state index in [1.165, 1.54) is 0 Å². The first-order valence-electron chi connectivity index (χ1n) is 11.6. The number of halogens is 1. The van der Waals surface area contributed by atoms with E-state index in [4.69, 9.17) is 26.3 Å². The van der Waals surface area contributed by atoms with Gasteiger partial charge < -0.3 is 14.6 Å². The molecule has 8 heteroatoms. The number of rotatable bonds is 6. The van der Waals surface area contributed by atoms with Crippen molar-refractivity contribution >= 4 is 51.5 Å². The van der Waals surface area contributed by atoms with Crippen molar-refractivity contribution in [3.8, 4) is 0 Å². The largest absolute Gasteiger partial charge is 0.462 e. The Morgan fingerprint density at radius 1 is 0.944 bits per heavy atom. The summed E-state index contributed by atoms with van der Waals surface area (Å²) in [5, 5.41) is 3.23. The van der Waals surface area contributed by atoms with Crippen LogP contribution in [0.15, 0.2) is 78.9 Å². The van der Waals surface area contributed by atoms with Crippen molar-refractivity contribution in [3.63, 3.8) is 0 Å². The summed E-state index contributed by atoms with van der Waals surface area (Å²) in [5.41, 5.74) is 3.50. The van der Waals surface area contributed by atoms with Crippen molar-refractivity contribution in [2.75, 3.05) is 11.9 Å². The van der Waals surface area contributed by atoms with Crippen LogP contribution in [0.25, 0.3) is 22.2 Å². The zero-order valence-corrected chi connectivity index (χ0v) is 20.5. The Balaban J connectivity index is 1.81. The van der Waals surface area contributed by atoms with E-state index in [-0.39, 0.29) is 29.6 Å². The number of benzene rings is 3. The van der Waals surface area contributed by atoms with Crippen molar-refractivity contribution < 1.29 is 14.3 Å². The van der Waals surface area contributed by atoms with Crippen LogP contribution >= 0.6 is 11.6 Å². The Morgan fingerprint density at radius 2 is 1.58 bits per heavy atom. The zero-order chi connectivity index (χ0) is 25.2. The molecule has 0 saturated heterocycles. The van der Waals surface area contributed by atoms with Crippen molar-refractivity contribution in [1.29, 1.82) is 0 Å². The molecule has 0 fully saturated rings. The number of aromatic nitrogens is 3. The molecule has 5 aromatic rings. The number of hydrogen-bond donors (Lipinski definition) is 1. The van der Waals surface area contributed by atoms with Gasteiger partial charge in [-0.2, -0.15) is 0 Å². The van der Waals surface area contributed by atoms with Crippen molar-refractivity contribution in [2.24, 2.45) is 0 Å². The molecule has 0 spiro atoms. The summed E-state index contributed by atoms with van der Waals surface area (Å²) in [7, 11) is 0. The number of hydrogen-bond acceptors (Lipinski definition) is 5. The van der Waals surface area contributed by atoms with Gasteiger partial charge >= 0.3 is 5.97 Å². The van der Waals surface area contributed by atoms with Gasteiger partial charge in [-0.25, -0.2) is 14.8 Å². The number of carbonyl (C=O) groups excluding carboxylic acids is 2. The maximum Gasteiger partial charge on any atom is 0.344 e. The van der Waals surface area contributed by atoms with E-state index in [9.17, 15) is 9.59 Å². The van der Waals surface area contributed by atoms with E-state index in [0.29, 0.717) is 27.2 Å². The first-order chi connectivity index (χ1) is 17.5. The molecule has 36 heavy (non-hydrogen) atoms. The fourth-order valence-corrected chi connectivity index (χ4v) is 4.48. The van der Waals surface area contributed by atoms with E-state index < -0.39 is 11.9 Å². The number of fused-ring (bicyclic) bond motifs is 2. The molecule has 0 saturated carbocycles. The molecule has 7 nitrogen and oxygen atoms in total. The molecule has 180 valence electrons. The number of carbonyl (C=O) groups is 2. The Labute approximate surface area is 212 Å². The first kappa shape index (κ1) is 23.5. The van der Waals surface area contributed by atoms with Gasteiger partial charge in [0, 0.05) is 0 Å². The lowest BCUT2D eigenvalue weighted by Gasteiger charge is -2.20. The Morgan fingerprint density at radius 3 is 2.28 bits per heavy atom. The number of nitrogens with zero attached hydrogens (tertiary/aromatic N) is 3. The normalized spacial score (nSPS) is 12.0. The molecule has 0 aliphatic rings. The van der Waals surface area contributed by atoms with Crippen LogP contribution in [0.4, 0.5) is 5.82 Å². The van der Waals surface area contributed by atoms with Crippen LogP contribution in [0.5, 0.6) is 0 Å². The van der Waals surface area contributed by atoms with Gasteiger partial charge in [-0.3, -0.25) is 4.79 Å². The summed E-state index contributed by atoms with van der Waals surface area (Å²) in [6, 6.07) is 23.6. The van der Waals surface area contributed by atoms with E-state index in [1.807, 2.05) is 66.1 Å². The van der Waals surface area contributed by atoms with Crippen LogP contribution in [-0.2, 0) is 4.74 Å².